The summed E-state index contributed by atoms with van der Waals surface area (Å²) in [6, 6.07) is -0.347. The maximum atomic E-state index is 11.6. The second kappa shape index (κ2) is 5.27. The molecule has 1 aromatic heterocycles. The molecule has 92 valence electrons. The number of carbonyl (C=O) groups is 2. The summed E-state index contributed by atoms with van der Waals surface area (Å²) in [6.07, 6.45) is 1.79. The van der Waals surface area contributed by atoms with Gasteiger partial charge in [0.2, 0.25) is 11.8 Å². The summed E-state index contributed by atoms with van der Waals surface area (Å²) in [6.45, 7) is 2.52. The molecule has 5 nitrogen and oxygen atoms in total. The average Bonchev–Trinajstić information content (AvgIpc) is 2.88. The molecule has 1 aromatic rings. The lowest BCUT2D eigenvalue weighted by Gasteiger charge is -2.09. The van der Waals surface area contributed by atoms with Crippen LogP contribution in [-0.2, 0) is 16.0 Å². The van der Waals surface area contributed by atoms with Gasteiger partial charge in [-0.25, -0.2) is 4.98 Å². The van der Waals surface area contributed by atoms with E-state index in [1.807, 2.05) is 12.3 Å². The van der Waals surface area contributed by atoms with Gasteiger partial charge in [0.25, 0.3) is 0 Å². The van der Waals surface area contributed by atoms with Gasteiger partial charge in [-0.1, -0.05) is 0 Å². The van der Waals surface area contributed by atoms with Crippen molar-refractivity contribution in [3.05, 3.63) is 16.1 Å². The van der Waals surface area contributed by atoms with E-state index in [4.69, 9.17) is 0 Å². The molecule has 1 aliphatic heterocycles. The quantitative estimate of drug-likeness (QED) is 0.815. The Balaban J connectivity index is 1.71. The van der Waals surface area contributed by atoms with E-state index in [0.717, 1.165) is 17.1 Å². The summed E-state index contributed by atoms with van der Waals surface area (Å²) >= 11 is 1.60. The largest absolute Gasteiger partial charge is 0.354 e. The molecule has 2 heterocycles. The highest BCUT2D eigenvalue weighted by Gasteiger charge is 2.26. The molecule has 1 fully saturated rings. The molecule has 1 aliphatic rings. The SMILES string of the molecule is Cc1csc(CCNC(=O)C2CCC(=O)N2)n1. The van der Waals surface area contributed by atoms with Gasteiger partial charge in [0.1, 0.15) is 6.04 Å². The maximum Gasteiger partial charge on any atom is 0.242 e. The Hall–Kier alpha value is -1.43. The summed E-state index contributed by atoms with van der Waals surface area (Å²) in [5.74, 6) is -0.134. The van der Waals surface area contributed by atoms with Crippen molar-refractivity contribution in [2.45, 2.75) is 32.2 Å². The molecule has 1 atom stereocenters. The first-order chi connectivity index (χ1) is 8.15. The third kappa shape index (κ3) is 3.26. The van der Waals surface area contributed by atoms with Crippen molar-refractivity contribution < 1.29 is 9.59 Å². The second-order valence-electron chi connectivity index (χ2n) is 4.08. The Morgan fingerprint density at radius 3 is 3.12 bits per heavy atom. The third-order valence-corrected chi connectivity index (χ3v) is 3.64. The van der Waals surface area contributed by atoms with Gasteiger partial charge >= 0.3 is 0 Å². The molecule has 0 aliphatic carbocycles. The number of rotatable bonds is 4. The van der Waals surface area contributed by atoms with Crippen molar-refractivity contribution in [3.63, 3.8) is 0 Å². The Morgan fingerprint density at radius 1 is 1.71 bits per heavy atom. The molecule has 1 saturated heterocycles. The van der Waals surface area contributed by atoms with Crippen LogP contribution >= 0.6 is 11.3 Å². The van der Waals surface area contributed by atoms with E-state index in [-0.39, 0.29) is 17.9 Å². The lowest BCUT2D eigenvalue weighted by Crippen LogP contribution is -2.42. The molecular weight excluding hydrogens is 238 g/mol. The number of amides is 2. The molecule has 2 rings (SSSR count). The van der Waals surface area contributed by atoms with E-state index < -0.39 is 0 Å². The molecule has 6 heteroatoms. The highest BCUT2D eigenvalue weighted by molar-refractivity contribution is 7.09. The van der Waals surface area contributed by atoms with Gasteiger partial charge in [0, 0.05) is 30.5 Å². The fourth-order valence-electron chi connectivity index (χ4n) is 1.74. The zero-order valence-electron chi connectivity index (χ0n) is 9.66. The highest BCUT2D eigenvalue weighted by Crippen LogP contribution is 2.09. The average molecular weight is 253 g/mol. The van der Waals surface area contributed by atoms with E-state index in [2.05, 4.69) is 15.6 Å². The molecule has 2 amide bonds. The number of aryl methyl sites for hydroxylation is 1. The lowest BCUT2D eigenvalue weighted by molar-refractivity contribution is -0.125. The van der Waals surface area contributed by atoms with Gasteiger partial charge in [0.05, 0.1) is 5.01 Å². The molecule has 0 aromatic carbocycles. The van der Waals surface area contributed by atoms with Crippen LogP contribution in [0.2, 0.25) is 0 Å². The van der Waals surface area contributed by atoms with Crippen LogP contribution in [0.1, 0.15) is 23.5 Å². The Labute approximate surface area is 104 Å². The minimum atomic E-state index is -0.347. The van der Waals surface area contributed by atoms with Gasteiger partial charge in [-0.15, -0.1) is 11.3 Å². The predicted octanol–water partition coefficient (Wildman–Crippen LogP) is 0.389. The number of nitrogens with one attached hydrogen (secondary N) is 2. The Morgan fingerprint density at radius 2 is 2.53 bits per heavy atom. The van der Waals surface area contributed by atoms with Crippen molar-refractivity contribution in [1.82, 2.24) is 15.6 Å². The first-order valence-corrected chi connectivity index (χ1v) is 6.51. The topological polar surface area (TPSA) is 71.1 Å². The predicted molar refractivity (Wildman–Crippen MR) is 64.7 cm³/mol. The summed E-state index contributed by atoms with van der Waals surface area (Å²) in [5.41, 5.74) is 1.01. The van der Waals surface area contributed by atoms with E-state index in [9.17, 15) is 9.59 Å². The molecule has 17 heavy (non-hydrogen) atoms. The Kier molecular flexibility index (Phi) is 3.73. The van der Waals surface area contributed by atoms with Crippen molar-refractivity contribution in [1.29, 1.82) is 0 Å². The minimum Gasteiger partial charge on any atom is -0.354 e. The minimum absolute atomic E-state index is 0.0410. The van der Waals surface area contributed by atoms with Crippen LogP contribution in [0.3, 0.4) is 0 Å². The van der Waals surface area contributed by atoms with Crippen LogP contribution in [0.25, 0.3) is 0 Å². The lowest BCUT2D eigenvalue weighted by atomic mass is 10.2. The number of carbonyl (C=O) groups excluding carboxylic acids is 2. The van der Waals surface area contributed by atoms with Crippen LogP contribution in [-0.4, -0.2) is 29.4 Å². The smallest absolute Gasteiger partial charge is 0.242 e. The van der Waals surface area contributed by atoms with E-state index in [0.29, 0.717) is 19.4 Å². The summed E-state index contributed by atoms with van der Waals surface area (Å²) in [7, 11) is 0. The second-order valence-corrected chi connectivity index (χ2v) is 5.03. The monoisotopic (exact) mass is 253 g/mol. The maximum absolute atomic E-state index is 11.6. The fraction of sp³-hybridized carbons (Fsp3) is 0.545. The molecule has 0 radical (unpaired) electrons. The van der Waals surface area contributed by atoms with E-state index in [1.54, 1.807) is 11.3 Å². The Bertz CT molecular complexity index is 430. The zero-order chi connectivity index (χ0) is 12.3. The third-order valence-electron chi connectivity index (χ3n) is 2.62. The number of hydrogen-bond acceptors (Lipinski definition) is 4. The number of thiazole rings is 1. The standard InChI is InChI=1S/C11H15N3O2S/c1-7-6-17-10(13-7)4-5-12-11(16)8-2-3-9(15)14-8/h6,8H,2-5H2,1H3,(H,12,16)(H,14,15). The van der Waals surface area contributed by atoms with Crippen molar-refractivity contribution in [2.75, 3.05) is 6.54 Å². The van der Waals surface area contributed by atoms with Gasteiger partial charge in [-0.2, -0.15) is 0 Å². The zero-order valence-corrected chi connectivity index (χ0v) is 10.5. The van der Waals surface area contributed by atoms with Crippen LogP contribution in [0, 0.1) is 6.92 Å². The van der Waals surface area contributed by atoms with Crippen LogP contribution in [0.5, 0.6) is 0 Å². The van der Waals surface area contributed by atoms with Gasteiger partial charge in [0.15, 0.2) is 0 Å². The van der Waals surface area contributed by atoms with Crippen LogP contribution in [0.15, 0.2) is 5.38 Å². The van der Waals surface area contributed by atoms with Crippen molar-refractivity contribution in [2.24, 2.45) is 0 Å². The van der Waals surface area contributed by atoms with Crippen molar-refractivity contribution >= 4 is 23.2 Å². The van der Waals surface area contributed by atoms with E-state index >= 15 is 0 Å². The van der Waals surface area contributed by atoms with Crippen LogP contribution < -0.4 is 10.6 Å². The molecule has 0 spiro atoms. The van der Waals surface area contributed by atoms with Crippen LogP contribution in [0.4, 0.5) is 0 Å². The fourth-order valence-corrected chi connectivity index (χ4v) is 2.52. The molecule has 2 N–H and O–H groups in total. The van der Waals surface area contributed by atoms with Crippen molar-refractivity contribution in [3.8, 4) is 0 Å². The summed E-state index contributed by atoms with van der Waals surface area (Å²) in [5, 5.41) is 8.48. The summed E-state index contributed by atoms with van der Waals surface area (Å²) in [4.78, 5) is 26.9. The molecule has 0 saturated carbocycles. The number of aromatic nitrogens is 1. The first kappa shape index (κ1) is 12.0. The number of hydrogen-bond donors (Lipinski definition) is 2. The number of nitrogens with zero attached hydrogens (tertiary/aromatic N) is 1. The van der Waals surface area contributed by atoms with Gasteiger partial charge in [-0.3, -0.25) is 9.59 Å². The highest BCUT2D eigenvalue weighted by atomic mass is 32.1. The molecular formula is C11H15N3O2S. The van der Waals surface area contributed by atoms with E-state index in [1.165, 1.54) is 0 Å². The first-order valence-electron chi connectivity index (χ1n) is 5.63. The van der Waals surface area contributed by atoms with Gasteiger partial charge in [-0.05, 0) is 13.3 Å². The summed E-state index contributed by atoms with van der Waals surface area (Å²) < 4.78 is 0. The molecule has 1 unspecified atom stereocenters. The molecule has 0 bridgehead atoms. The normalized spacial score (nSPS) is 19.1. The van der Waals surface area contributed by atoms with Gasteiger partial charge < -0.3 is 10.6 Å².